The molecule has 0 saturated heterocycles. The first-order valence-electron chi connectivity index (χ1n) is 7.35. The summed E-state index contributed by atoms with van der Waals surface area (Å²) in [5.74, 6) is 1.81. The second kappa shape index (κ2) is 5.61. The number of fused-ring (bicyclic) bond motifs is 1. The van der Waals surface area contributed by atoms with Crippen LogP contribution in [0.5, 0.6) is 0 Å². The minimum atomic E-state index is 0.463. The van der Waals surface area contributed by atoms with Gasteiger partial charge in [-0.25, -0.2) is 9.97 Å². The number of rotatable bonds is 4. The number of anilines is 3. The number of benzene rings is 1. The average Bonchev–Trinajstić information content (AvgIpc) is 3.23. The van der Waals surface area contributed by atoms with E-state index in [-0.39, 0.29) is 0 Å². The Labute approximate surface area is 137 Å². The Bertz CT molecular complexity index is 1000. The van der Waals surface area contributed by atoms with Crippen molar-refractivity contribution in [2.45, 2.75) is 0 Å². The molecule has 0 spiro atoms. The van der Waals surface area contributed by atoms with Gasteiger partial charge in [0.1, 0.15) is 11.8 Å². The molecular weight excluding hydrogens is 306 g/mol. The molecule has 0 fully saturated rings. The summed E-state index contributed by atoms with van der Waals surface area (Å²) in [6.45, 7) is 0. The van der Waals surface area contributed by atoms with Crippen LogP contribution in [0, 0.1) is 0 Å². The maximum atomic E-state index is 4.45. The van der Waals surface area contributed by atoms with E-state index in [1.165, 1.54) is 0 Å². The Morgan fingerprint density at radius 3 is 2.88 bits per heavy atom. The van der Waals surface area contributed by atoms with Gasteiger partial charge in [0.25, 0.3) is 0 Å². The number of hydrogen-bond acceptors (Lipinski definition) is 7. The molecule has 0 aliphatic heterocycles. The number of hydrogen-bond donors (Lipinski definition) is 3. The number of nitrogens with one attached hydrogen (secondary N) is 3. The molecule has 0 radical (unpaired) electrons. The summed E-state index contributed by atoms with van der Waals surface area (Å²) in [6, 6.07) is 7.77. The van der Waals surface area contributed by atoms with Crippen molar-refractivity contribution in [2.75, 3.05) is 17.7 Å². The summed E-state index contributed by atoms with van der Waals surface area (Å²) in [5.41, 5.74) is 3.13. The molecule has 0 atom stereocenters. The lowest BCUT2D eigenvalue weighted by Crippen LogP contribution is -2.02. The SMILES string of the molecule is CNc1nc(Nc2cccc(-c3ncn(C)n3)c2)nc2nc[nH]c12. The van der Waals surface area contributed by atoms with Crippen molar-refractivity contribution in [3.05, 3.63) is 36.9 Å². The fraction of sp³-hybridized carbons (Fsp3) is 0.133. The highest BCUT2D eigenvalue weighted by Crippen LogP contribution is 2.23. The standard InChI is InChI=1S/C15H15N9/c1-16-13-11-14(18-7-17-11)22-15(21-13)20-10-5-3-4-9(6-10)12-19-8-24(2)23-12/h3-8H,1-2H3,(H3,16,17,18,20,21,22). The molecule has 0 aliphatic carbocycles. The zero-order valence-corrected chi connectivity index (χ0v) is 13.1. The van der Waals surface area contributed by atoms with Gasteiger partial charge in [-0.1, -0.05) is 12.1 Å². The molecule has 0 aliphatic rings. The average molecular weight is 321 g/mol. The van der Waals surface area contributed by atoms with Gasteiger partial charge < -0.3 is 15.6 Å². The number of aromatic amines is 1. The molecule has 3 heterocycles. The summed E-state index contributed by atoms with van der Waals surface area (Å²) in [7, 11) is 3.64. The molecular formula is C15H15N9. The van der Waals surface area contributed by atoms with E-state index in [1.54, 1.807) is 24.4 Å². The van der Waals surface area contributed by atoms with Gasteiger partial charge in [0.15, 0.2) is 17.3 Å². The van der Waals surface area contributed by atoms with E-state index in [1.807, 2.05) is 31.3 Å². The summed E-state index contributed by atoms with van der Waals surface area (Å²) in [5, 5.41) is 10.5. The Balaban J connectivity index is 1.68. The molecule has 4 rings (SSSR count). The highest BCUT2D eigenvalue weighted by molar-refractivity contribution is 5.84. The quantitative estimate of drug-likeness (QED) is 0.527. The smallest absolute Gasteiger partial charge is 0.231 e. The van der Waals surface area contributed by atoms with Gasteiger partial charge in [-0.15, -0.1) is 0 Å². The van der Waals surface area contributed by atoms with Crippen molar-refractivity contribution in [1.29, 1.82) is 0 Å². The first-order valence-corrected chi connectivity index (χ1v) is 7.35. The highest BCUT2D eigenvalue weighted by atomic mass is 15.3. The summed E-state index contributed by atoms with van der Waals surface area (Å²) in [4.78, 5) is 20.3. The molecule has 3 N–H and O–H groups in total. The van der Waals surface area contributed by atoms with Crippen LogP contribution in [0.2, 0.25) is 0 Å². The second-order valence-corrected chi connectivity index (χ2v) is 5.19. The minimum Gasteiger partial charge on any atom is -0.371 e. The molecule has 1 aromatic carbocycles. The third-order valence-corrected chi connectivity index (χ3v) is 3.50. The van der Waals surface area contributed by atoms with Crippen LogP contribution in [-0.2, 0) is 7.05 Å². The van der Waals surface area contributed by atoms with Crippen LogP contribution < -0.4 is 10.6 Å². The van der Waals surface area contributed by atoms with Crippen LogP contribution in [0.3, 0.4) is 0 Å². The van der Waals surface area contributed by atoms with Crippen molar-refractivity contribution in [3.8, 4) is 11.4 Å². The van der Waals surface area contributed by atoms with Gasteiger partial charge in [0, 0.05) is 25.3 Å². The number of H-pyrrole nitrogens is 1. The van der Waals surface area contributed by atoms with Crippen LogP contribution in [-0.4, -0.2) is 41.7 Å². The van der Waals surface area contributed by atoms with E-state index in [4.69, 9.17) is 0 Å². The maximum Gasteiger partial charge on any atom is 0.231 e. The van der Waals surface area contributed by atoms with Crippen molar-refractivity contribution in [3.63, 3.8) is 0 Å². The molecule has 24 heavy (non-hydrogen) atoms. The van der Waals surface area contributed by atoms with Gasteiger partial charge in [0.05, 0.1) is 6.33 Å². The first kappa shape index (κ1) is 14.1. The number of nitrogens with zero attached hydrogens (tertiary/aromatic N) is 6. The molecule has 9 heteroatoms. The predicted octanol–water partition coefficient (Wildman–Crippen LogP) is 1.93. The van der Waals surface area contributed by atoms with Crippen LogP contribution in [0.15, 0.2) is 36.9 Å². The fourth-order valence-corrected chi connectivity index (χ4v) is 2.41. The molecule has 0 amide bonds. The molecule has 3 aromatic heterocycles. The zero-order valence-electron chi connectivity index (χ0n) is 13.1. The normalized spacial score (nSPS) is 10.9. The van der Waals surface area contributed by atoms with E-state index in [0.717, 1.165) is 16.8 Å². The second-order valence-electron chi connectivity index (χ2n) is 5.19. The van der Waals surface area contributed by atoms with Crippen molar-refractivity contribution < 1.29 is 0 Å². The van der Waals surface area contributed by atoms with Gasteiger partial charge in [-0.2, -0.15) is 15.1 Å². The number of aryl methyl sites for hydroxylation is 1. The molecule has 0 saturated carbocycles. The Kier molecular flexibility index (Phi) is 3.30. The molecule has 0 unspecified atom stereocenters. The van der Waals surface area contributed by atoms with Crippen molar-refractivity contribution in [1.82, 2.24) is 34.7 Å². The van der Waals surface area contributed by atoms with Gasteiger partial charge in [-0.3, -0.25) is 4.68 Å². The fourth-order valence-electron chi connectivity index (χ4n) is 2.41. The van der Waals surface area contributed by atoms with E-state index < -0.39 is 0 Å². The van der Waals surface area contributed by atoms with Gasteiger partial charge in [0.2, 0.25) is 5.95 Å². The van der Waals surface area contributed by atoms with Crippen LogP contribution in [0.4, 0.5) is 17.5 Å². The van der Waals surface area contributed by atoms with Crippen molar-refractivity contribution in [2.24, 2.45) is 7.05 Å². The van der Waals surface area contributed by atoms with E-state index >= 15 is 0 Å². The molecule has 0 bridgehead atoms. The summed E-state index contributed by atoms with van der Waals surface area (Å²) < 4.78 is 1.67. The number of imidazole rings is 1. The lowest BCUT2D eigenvalue weighted by molar-refractivity contribution is 0.768. The molecule has 120 valence electrons. The number of aromatic nitrogens is 7. The Morgan fingerprint density at radius 1 is 1.17 bits per heavy atom. The predicted molar refractivity (Wildman–Crippen MR) is 91.0 cm³/mol. The lowest BCUT2D eigenvalue weighted by atomic mass is 10.2. The topological polar surface area (TPSA) is 109 Å². The maximum absolute atomic E-state index is 4.45. The third-order valence-electron chi connectivity index (χ3n) is 3.50. The van der Waals surface area contributed by atoms with Crippen LogP contribution >= 0.6 is 0 Å². The molecule has 4 aromatic rings. The largest absolute Gasteiger partial charge is 0.371 e. The molecule has 9 nitrogen and oxygen atoms in total. The van der Waals surface area contributed by atoms with Gasteiger partial charge >= 0.3 is 0 Å². The van der Waals surface area contributed by atoms with Gasteiger partial charge in [-0.05, 0) is 12.1 Å². The summed E-state index contributed by atoms with van der Waals surface area (Å²) in [6.07, 6.45) is 3.26. The lowest BCUT2D eigenvalue weighted by Gasteiger charge is -2.08. The minimum absolute atomic E-state index is 0.463. The Morgan fingerprint density at radius 2 is 2.08 bits per heavy atom. The third kappa shape index (κ3) is 2.51. The van der Waals surface area contributed by atoms with E-state index in [2.05, 4.69) is 40.7 Å². The Hall–Kier alpha value is -3.49. The van der Waals surface area contributed by atoms with Crippen LogP contribution in [0.25, 0.3) is 22.6 Å². The van der Waals surface area contributed by atoms with E-state index in [0.29, 0.717) is 23.2 Å². The van der Waals surface area contributed by atoms with E-state index in [9.17, 15) is 0 Å². The monoisotopic (exact) mass is 321 g/mol. The van der Waals surface area contributed by atoms with Crippen LogP contribution in [0.1, 0.15) is 0 Å². The first-order chi connectivity index (χ1) is 11.7. The summed E-state index contributed by atoms with van der Waals surface area (Å²) >= 11 is 0. The zero-order chi connectivity index (χ0) is 16.5. The van der Waals surface area contributed by atoms with Crippen molar-refractivity contribution >= 4 is 28.6 Å². The highest BCUT2D eigenvalue weighted by Gasteiger charge is 2.10.